The van der Waals surface area contributed by atoms with E-state index in [2.05, 4.69) is 152 Å². The average molecular weight is 651 g/mol. The van der Waals surface area contributed by atoms with Crippen molar-refractivity contribution in [1.82, 2.24) is 9.97 Å². The van der Waals surface area contributed by atoms with Gasteiger partial charge in [0, 0.05) is 27.5 Å². The average Bonchev–Trinajstić information content (AvgIpc) is 3.58. The zero-order valence-corrected chi connectivity index (χ0v) is 27.6. The zero-order valence-electron chi connectivity index (χ0n) is 27.6. The van der Waals surface area contributed by atoms with Crippen molar-refractivity contribution in [1.29, 1.82) is 0 Å². The van der Waals surface area contributed by atoms with Crippen molar-refractivity contribution in [2.24, 2.45) is 0 Å². The number of benzene rings is 8. The first-order valence-corrected chi connectivity index (χ1v) is 17.2. The summed E-state index contributed by atoms with van der Waals surface area (Å²) in [6, 6.07) is 64.0. The predicted octanol–water partition coefficient (Wildman–Crippen LogP) is 13.0. The fraction of sp³-hybridized carbons (Fsp3) is 0. The first-order valence-electron chi connectivity index (χ1n) is 17.2. The van der Waals surface area contributed by atoms with Gasteiger partial charge in [-0.2, -0.15) is 0 Å². The Balaban J connectivity index is 1.21. The molecule has 3 heteroatoms. The summed E-state index contributed by atoms with van der Waals surface area (Å²) in [5.74, 6) is 0.692. The van der Waals surface area contributed by atoms with Gasteiger partial charge in [0.15, 0.2) is 5.82 Å². The molecule has 0 N–H and O–H groups in total. The van der Waals surface area contributed by atoms with Crippen molar-refractivity contribution >= 4 is 43.5 Å². The standard InChI is InChI=1S/C48H30N2O/c1-2-13-33(14-3-1)48-49-44(30-45(50-48)41-19-10-16-32-12-6-7-17-40(32)41)39-27-37(35-22-21-31-11-4-5-15-34(31)25-35)26-38(28-39)36-23-24-43-42-18-8-9-20-46(42)51-47(43)29-36/h1-30H. The van der Waals surface area contributed by atoms with Gasteiger partial charge in [-0.3, -0.25) is 0 Å². The van der Waals surface area contributed by atoms with Crippen molar-refractivity contribution in [3.63, 3.8) is 0 Å². The van der Waals surface area contributed by atoms with Gasteiger partial charge < -0.3 is 4.42 Å². The van der Waals surface area contributed by atoms with Crippen LogP contribution in [0.15, 0.2) is 186 Å². The Morgan fingerprint density at radius 1 is 0.314 bits per heavy atom. The number of hydrogen-bond donors (Lipinski definition) is 0. The number of aromatic nitrogens is 2. The first kappa shape index (κ1) is 29.1. The van der Waals surface area contributed by atoms with Crippen LogP contribution in [0.1, 0.15) is 0 Å². The quantitative estimate of drug-likeness (QED) is 0.186. The van der Waals surface area contributed by atoms with Crippen molar-refractivity contribution in [2.75, 3.05) is 0 Å². The van der Waals surface area contributed by atoms with E-state index in [0.29, 0.717) is 5.82 Å². The van der Waals surface area contributed by atoms with Crippen molar-refractivity contribution in [2.45, 2.75) is 0 Å². The molecule has 0 amide bonds. The highest BCUT2D eigenvalue weighted by Gasteiger charge is 2.16. The zero-order chi connectivity index (χ0) is 33.7. The Morgan fingerprint density at radius 3 is 1.80 bits per heavy atom. The fourth-order valence-electron chi connectivity index (χ4n) is 7.28. The molecule has 0 spiro atoms. The van der Waals surface area contributed by atoms with Gasteiger partial charge in [0.05, 0.1) is 11.4 Å². The number of hydrogen-bond acceptors (Lipinski definition) is 3. The van der Waals surface area contributed by atoms with Crippen LogP contribution in [-0.4, -0.2) is 9.97 Å². The molecule has 10 aromatic rings. The van der Waals surface area contributed by atoms with E-state index in [-0.39, 0.29) is 0 Å². The monoisotopic (exact) mass is 650 g/mol. The number of furan rings is 1. The van der Waals surface area contributed by atoms with Crippen LogP contribution in [0.5, 0.6) is 0 Å². The molecule has 2 aromatic heterocycles. The maximum Gasteiger partial charge on any atom is 0.160 e. The maximum absolute atomic E-state index is 6.34. The lowest BCUT2D eigenvalue weighted by Crippen LogP contribution is -1.97. The van der Waals surface area contributed by atoms with Gasteiger partial charge in [0.1, 0.15) is 11.2 Å². The van der Waals surface area contributed by atoms with Gasteiger partial charge in [0.2, 0.25) is 0 Å². The Labute approximate surface area is 295 Å². The molecule has 51 heavy (non-hydrogen) atoms. The number of nitrogens with zero attached hydrogens (tertiary/aromatic N) is 2. The summed E-state index contributed by atoms with van der Waals surface area (Å²) >= 11 is 0. The molecule has 3 nitrogen and oxygen atoms in total. The van der Waals surface area contributed by atoms with Gasteiger partial charge >= 0.3 is 0 Å². The summed E-state index contributed by atoms with van der Waals surface area (Å²) in [6.45, 7) is 0. The summed E-state index contributed by atoms with van der Waals surface area (Å²) in [7, 11) is 0. The SMILES string of the molecule is c1ccc(-c2nc(-c3cc(-c4ccc5ccccc5c4)cc(-c4ccc5c(c4)oc4ccccc45)c3)cc(-c3cccc4ccccc34)n2)cc1. The first-order chi connectivity index (χ1) is 25.2. The minimum Gasteiger partial charge on any atom is -0.456 e. The van der Waals surface area contributed by atoms with Crippen molar-refractivity contribution < 1.29 is 4.42 Å². The summed E-state index contributed by atoms with van der Waals surface area (Å²) in [6.07, 6.45) is 0. The summed E-state index contributed by atoms with van der Waals surface area (Å²) in [5.41, 5.74) is 11.0. The number of rotatable bonds is 5. The van der Waals surface area contributed by atoms with Crippen LogP contribution in [0.25, 0.3) is 99.6 Å². The Bertz CT molecular complexity index is 2920. The van der Waals surface area contributed by atoms with E-state index >= 15 is 0 Å². The lowest BCUT2D eigenvalue weighted by atomic mass is 9.93. The van der Waals surface area contributed by atoms with Gasteiger partial charge in [-0.25, -0.2) is 9.97 Å². The largest absolute Gasteiger partial charge is 0.456 e. The van der Waals surface area contributed by atoms with Crippen LogP contribution in [0.3, 0.4) is 0 Å². The smallest absolute Gasteiger partial charge is 0.160 e. The highest BCUT2D eigenvalue weighted by molar-refractivity contribution is 6.06. The van der Waals surface area contributed by atoms with Gasteiger partial charge in [-0.05, 0) is 92.3 Å². The molecule has 0 saturated carbocycles. The number of fused-ring (bicyclic) bond motifs is 5. The molecule has 0 bridgehead atoms. The third-order valence-corrected chi connectivity index (χ3v) is 9.85. The summed E-state index contributed by atoms with van der Waals surface area (Å²) in [5, 5.41) is 7.00. The fourth-order valence-corrected chi connectivity index (χ4v) is 7.28. The number of para-hydroxylation sites is 1. The molecular formula is C48H30N2O. The van der Waals surface area contributed by atoms with E-state index in [0.717, 1.165) is 77.7 Å². The third-order valence-electron chi connectivity index (χ3n) is 9.85. The Kier molecular flexibility index (Phi) is 6.81. The van der Waals surface area contributed by atoms with Crippen LogP contribution in [0, 0.1) is 0 Å². The molecule has 0 aliphatic rings. The second-order valence-corrected chi connectivity index (χ2v) is 13.0. The molecular weight excluding hydrogens is 621 g/mol. The van der Waals surface area contributed by atoms with E-state index in [1.54, 1.807) is 0 Å². The molecule has 0 radical (unpaired) electrons. The topological polar surface area (TPSA) is 38.9 Å². The third kappa shape index (κ3) is 5.24. The molecule has 238 valence electrons. The molecule has 0 saturated heterocycles. The second kappa shape index (κ2) is 11.9. The molecule has 8 aromatic carbocycles. The van der Waals surface area contributed by atoms with Gasteiger partial charge in [-0.1, -0.05) is 133 Å². The van der Waals surface area contributed by atoms with Crippen LogP contribution >= 0.6 is 0 Å². The van der Waals surface area contributed by atoms with E-state index in [9.17, 15) is 0 Å². The molecule has 0 atom stereocenters. The van der Waals surface area contributed by atoms with Crippen molar-refractivity contribution in [3.8, 4) is 56.2 Å². The summed E-state index contributed by atoms with van der Waals surface area (Å²) < 4.78 is 6.34. The van der Waals surface area contributed by atoms with E-state index < -0.39 is 0 Å². The van der Waals surface area contributed by atoms with Crippen LogP contribution < -0.4 is 0 Å². The van der Waals surface area contributed by atoms with E-state index in [1.807, 2.05) is 30.3 Å². The minimum absolute atomic E-state index is 0.692. The van der Waals surface area contributed by atoms with E-state index in [1.165, 1.54) is 16.2 Å². The minimum atomic E-state index is 0.692. The normalized spacial score (nSPS) is 11.5. The van der Waals surface area contributed by atoms with Gasteiger partial charge in [-0.15, -0.1) is 0 Å². The maximum atomic E-state index is 6.34. The highest BCUT2D eigenvalue weighted by atomic mass is 16.3. The Hall–Kier alpha value is -6.84. The molecule has 0 unspecified atom stereocenters. The second-order valence-electron chi connectivity index (χ2n) is 13.0. The van der Waals surface area contributed by atoms with Crippen LogP contribution in [0.2, 0.25) is 0 Å². The Morgan fingerprint density at radius 2 is 0.941 bits per heavy atom. The molecule has 0 fully saturated rings. The molecule has 10 rings (SSSR count). The van der Waals surface area contributed by atoms with E-state index in [4.69, 9.17) is 14.4 Å². The lowest BCUT2D eigenvalue weighted by Gasteiger charge is -2.14. The molecule has 0 aliphatic carbocycles. The lowest BCUT2D eigenvalue weighted by molar-refractivity contribution is 0.669. The van der Waals surface area contributed by atoms with Crippen molar-refractivity contribution in [3.05, 3.63) is 182 Å². The molecule has 0 aliphatic heterocycles. The van der Waals surface area contributed by atoms with Crippen LogP contribution in [0.4, 0.5) is 0 Å². The summed E-state index contributed by atoms with van der Waals surface area (Å²) in [4.78, 5) is 10.4. The molecule has 2 heterocycles. The van der Waals surface area contributed by atoms with Crippen LogP contribution in [-0.2, 0) is 0 Å². The highest BCUT2D eigenvalue weighted by Crippen LogP contribution is 2.38. The van der Waals surface area contributed by atoms with Gasteiger partial charge in [0.25, 0.3) is 0 Å². The predicted molar refractivity (Wildman–Crippen MR) is 212 cm³/mol.